The molecule has 3 aromatic rings. The number of aliphatic hydroxyl groups is 2. The standard InChI is InChI=1S/C22H22N2O5/c1-3-12-13-7-11(25)5-6-17(13)23-19-14(12)9-24-18(19)8-16-15(20(24)26)10-29-21(27)22(16,28)4-2/h5-8,21,25,27-28H,3-4,9-10H2,1-2H3/t21?,22-/m0/s1. The number of pyridine rings is 2. The van der Waals surface area contributed by atoms with Crippen LogP contribution in [0.25, 0.3) is 22.3 Å². The number of phenolic OH excluding ortho intramolecular Hbond substituents is 1. The molecule has 4 heterocycles. The Bertz CT molecular complexity index is 1230. The molecule has 0 aliphatic carbocycles. The summed E-state index contributed by atoms with van der Waals surface area (Å²) in [4.78, 5) is 18.0. The monoisotopic (exact) mass is 394 g/mol. The zero-order chi connectivity index (χ0) is 20.5. The van der Waals surface area contributed by atoms with Gasteiger partial charge in [0, 0.05) is 22.1 Å². The number of aromatic nitrogens is 2. The molecular weight excluding hydrogens is 372 g/mol. The molecule has 7 heteroatoms. The van der Waals surface area contributed by atoms with Crippen molar-refractivity contribution in [2.24, 2.45) is 0 Å². The lowest BCUT2D eigenvalue weighted by Crippen LogP contribution is -2.47. The molecule has 3 N–H and O–H groups in total. The highest BCUT2D eigenvalue weighted by atomic mass is 16.6. The predicted octanol–water partition coefficient (Wildman–Crippen LogP) is 2.14. The van der Waals surface area contributed by atoms with Crippen molar-refractivity contribution in [2.45, 2.75) is 51.7 Å². The molecule has 0 saturated heterocycles. The van der Waals surface area contributed by atoms with Crippen LogP contribution in [0, 0.1) is 0 Å². The minimum absolute atomic E-state index is 0.0435. The molecule has 0 fully saturated rings. The minimum atomic E-state index is -1.64. The fourth-order valence-corrected chi connectivity index (χ4v) is 4.67. The van der Waals surface area contributed by atoms with Crippen LogP contribution in [0.4, 0.5) is 0 Å². The number of hydrogen-bond donors (Lipinski definition) is 3. The second-order valence-corrected chi connectivity index (χ2v) is 7.73. The van der Waals surface area contributed by atoms with Gasteiger partial charge in [-0.15, -0.1) is 0 Å². The number of hydrogen-bond acceptors (Lipinski definition) is 6. The van der Waals surface area contributed by atoms with E-state index in [0.717, 1.165) is 28.5 Å². The maximum atomic E-state index is 13.3. The van der Waals surface area contributed by atoms with E-state index >= 15 is 0 Å². The normalized spacial score (nSPS) is 22.4. The summed E-state index contributed by atoms with van der Waals surface area (Å²) < 4.78 is 6.96. The summed E-state index contributed by atoms with van der Waals surface area (Å²) in [5.74, 6) is 0.177. The van der Waals surface area contributed by atoms with Gasteiger partial charge in [-0.05, 0) is 42.7 Å². The quantitative estimate of drug-likeness (QED) is 0.481. The van der Waals surface area contributed by atoms with Crippen molar-refractivity contribution in [1.82, 2.24) is 9.55 Å². The number of ether oxygens (including phenoxy) is 1. The first-order valence-electron chi connectivity index (χ1n) is 9.83. The summed E-state index contributed by atoms with van der Waals surface area (Å²) in [7, 11) is 0. The summed E-state index contributed by atoms with van der Waals surface area (Å²) in [6.07, 6.45) is -0.447. The van der Waals surface area contributed by atoms with Gasteiger partial charge in [-0.2, -0.15) is 0 Å². The van der Waals surface area contributed by atoms with Crippen LogP contribution in [0.2, 0.25) is 0 Å². The molecule has 0 amide bonds. The molecule has 2 aliphatic rings. The van der Waals surface area contributed by atoms with E-state index in [-0.39, 0.29) is 24.3 Å². The van der Waals surface area contributed by atoms with E-state index in [4.69, 9.17) is 9.72 Å². The average molecular weight is 394 g/mol. The zero-order valence-electron chi connectivity index (χ0n) is 16.3. The molecule has 29 heavy (non-hydrogen) atoms. The molecule has 2 aliphatic heterocycles. The van der Waals surface area contributed by atoms with Gasteiger partial charge in [0.05, 0.1) is 30.1 Å². The lowest BCUT2D eigenvalue weighted by atomic mass is 9.85. The van der Waals surface area contributed by atoms with Gasteiger partial charge in [0.1, 0.15) is 11.4 Å². The van der Waals surface area contributed by atoms with Crippen molar-refractivity contribution < 1.29 is 20.1 Å². The van der Waals surface area contributed by atoms with Crippen molar-refractivity contribution in [3.63, 3.8) is 0 Å². The Labute approximate surface area is 166 Å². The lowest BCUT2D eigenvalue weighted by Gasteiger charge is -2.37. The summed E-state index contributed by atoms with van der Waals surface area (Å²) in [5, 5.41) is 32.1. The van der Waals surface area contributed by atoms with Gasteiger partial charge in [-0.1, -0.05) is 13.8 Å². The van der Waals surface area contributed by atoms with Crippen LogP contribution in [-0.4, -0.2) is 31.2 Å². The molecule has 0 bridgehead atoms. The van der Waals surface area contributed by atoms with Gasteiger partial charge >= 0.3 is 0 Å². The maximum absolute atomic E-state index is 13.3. The number of fused-ring (bicyclic) bond motifs is 5. The van der Waals surface area contributed by atoms with E-state index in [2.05, 4.69) is 0 Å². The van der Waals surface area contributed by atoms with E-state index in [9.17, 15) is 20.1 Å². The highest BCUT2D eigenvalue weighted by Gasteiger charge is 2.44. The van der Waals surface area contributed by atoms with Gasteiger partial charge in [-0.25, -0.2) is 4.98 Å². The van der Waals surface area contributed by atoms with Crippen LogP contribution in [0.3, 0.4) is 0 Å². The van der Waals surface area contributed by atoms with Gasteiger partial charge in [0.15, 0.2) is 6.29 Å². The molecular formula is C22H22N2O5. The van der Waals surface area contributed by atoms with E-state index in [1.807, 2.05) is 6.92 Å². The molecule has 2 atom stereocenters. The first kappa shape index (κ1) is 18.3. The molecule has 1 unspecified atom stereocenters. The molecule has 5 rings (SSSR count). The molecule has 0 radical (unpaired) electrons. The topological polar surface area (TPSA) is 105 Å². The van der Waals surface area contributed by atoms with Crippen LogP contribution in [0.5, 0.6) is 5.75 Å². The number of aliphatic hydroxyl groups excluding tert-OH is 1. The number of nitrogens with zero attached hydrogens (tertiary/aromatic N) is 2. The SMILES string of the molecule is CCc1c2c(nc3ccc(O)cc13)-c1cc3c(c(=O)n1C2)COC(O)[C@]3(O)CC. The first-order chi connectivity index (χ1) is 13.9. The summed E-state index contributed by atoms with van der Waals surface area (Å²) >= 11 is 0. The molecule has 2 aromatic heterocycles. The van der Waals surface area contributed by atoms with E-state index in [1.54, 1.807) is 35.8 Å². The van der Waals surface area contributed by atoms with Crippen LogP contribution < -0.4 is 5.56 Å². The molecule has 0 spiro atoms. The maximum Gasteiger partial charge on any atom is 0.257 e. The third-order valence-electron chi connectivity index (χ3n) is 6.30. The highest BCUT2D eigenvalue weighted by Crippen LogP contribution is 2.41. The summed E-state index contributed by atoms with van der Waals surface area (Å²) in [5.41, 5.74) is 2.99. The molecule has 0 saturated carbocycles. The summed E-state index contributed by atoms with van der Waals surface area (Å²) in [6, 6.07) is 6.84. The predicted molar refractivity (Wildman–Crippen MR) is 107 cm³/mol. The number of aryl methyl sites for hydroxylation is 1. The van der Waals surface area contributed by atoms with E-state index in [1.165, 1.54) is 0 Å². The fourth-order valence-electron chi connectivity index (χ4n) is 4.67. The molecule has 7 nitrogen and oxygen atoms in total. The first-order valence-corrected chi connectivity index (χ1v) is 9.83. The zero-order valence-corrected chi connectivity index (χ0v) is 16.3. The van der Waals surface area contributed by atoms with Crippen LogP contribution >= 0.6 is 0 Å². The third kappa shape index (κ3) is 2.35. The van der Waals surface area contributed by atoms with Gasteiger partial charge in [-0.3, -0.25) is 4.79 Å². The Morgan fingerprint density at radius 1 is 1.28 bits per heavy atom. The number of benzene rings is 1. The number of rotatable bonds is 2. The van der Waals surface area contributed by atoms with Crippen molar-refractivity contribution in [2.75, 3.05) is 0 Å². The summed E-state index contributed by atoms with van der Waals surface area (Å²) in [6.45, 7) is 4.12. The van der Waals surface area contributed by atoms with Crippen LogP contribution in [0.15, 0.2) is 29.1 Å². The Kier molecular flexibility index (Phi) is 3.87. The second-order valence-electron chi connectivity index (χ2n) is 7.73. The fraction of sp³-hybridized carbons (Fsp3) is 0.364. The van der Waals surface area contributed by atoms with Crippen molar-refractivity contribution >= 4 is 10.9 Å². The Morgan fingerprint density at radius 3 is 2.79 bits per heavy atom. The largest absolute Gasteiger partial charge is 0.508 e. The third-order valence-corrected chi connectivity index (χ3v) is 6.30. The van der Waals surface area contributed by atoms with E-state index in [0.29, 0.717) is 29.1 Å². The average Bonchev–Trinajstić information content (AvgIpc) is 3.08. The number of aromatic hydroxyl groups is 1. The van der Waals surface area contributed by atoms with Gasteiger partial charge in [0.2, 0.25) is 0 Å². The van der Waals surface area contributed by atoms with Crippen LogP contribution in [0.1, 0.15) is 42.5 Å². The highest BCUT2D eigenvalue weighted by molar-refractivity contribution is 5.89. The van der Waals surface area contributed by atoms with Gasteiger partial charge < -0.3 is 24.6 Å². The van der Waals surface area contributed by atoms with Gasteiger partial charge in [0.25, 0.3) is 5.56 Å². The molecule has 150 valence electrons. The second kappa shape index (κ2) is 6.13. The minimum Gasteiger partial charge on any atom is -0.508 e. The van der Waals surface area contributed by atoms with Crippen molar-refractivity contribution in [3.05, 3.63) is 56.9 Å². The van der Waals surface area contributed by atoms with Crippen molar-refractivity contribution in [3.8, 4) is 17.1 Å². The van der Waals surface area contributed by atoms with Crippen LogP contribution in [-0.2, 0) is 29.9 Å². The number of phenols is 1. The lowest BCUT2D eigenvalue weighted by molar-refractivity contribution is -0.236. The Balaban J connectivity index is 1.83. The smallest absolute Gasteiger partial charge is 0.257 e. The Hall–Kier alpha value is -2.74. The molecule has 1 aromatic carbocycles. The van der Waals surface area contributed by atoms with E-state index < -0.39 is 11.9 Å². The Morgan fingerprint density at radius 2 is 2.07 bits per heavy atom. The van der Waals surface area contributed by atoms with Crippen molar-refractivity contribution in [1.29, 1.82) is 0 Å².